The molecule has 0 atom stereocenters. The van der Waals surface area contributed by atoms with Crippen LogP contribution in [0.25, 0.3) is 10.8 Å². The highest BCUT2D eigenvalue weighted by molar-refractivity contribution is 5.97. The molecule has 0 aliphatic carbocycles. The zero-order valence-corrected chi connectivity index (χ0v) is 13.3. The first kappa shape index (κ1) is 16.5. The molecule has 0 bridgehead atoms. The summed E-state index contributed by atoms with van der Waals surface area (Å²) in [5, 5.41) is 22.0. The number of carbonyl (C=O) groups is 1. The molecule has 0 unspecified atom stereocenters. The molecule has 0 aromatic heterocycles. The van der Waals surface area contributed by atoms with Crippen molar-refractivity contribution in [2.75, 3.05) is 11.6 Å². The van der Waals surface area contributed by atoms with Crippen molar-refractivity contribution < 1.29 is 15.0 Å². The fourth-order valence-corrected chi connectivity index (χ4v) is 2.41. The summed E-state index contributed by atoms with van der Waals surface area (Å²) < 4.78 is 0. The summed E-state index contributed by atoms with van der Waals surface area (Å²) in [6, 6.07) is 17.4. The minimum absolute atomic E-state index is 0.0461. The zero-order chi connectivity index (χ0) is 17.8. The number of hydrogen-bond donors (Lipinski definition) is 3. The summed E-state index contributed by atoms with van der Waals surface area (Å²) in [6.07, 6.45) is 1.36. The molecule has 6 heteroatoms. The summed E-state index contributed by atoms with van der Waals surface area (Å²) in [7, 11) is 0. The molecule has 25 heavy (non-hydrogen) atoms. The van der Waals surface area contributed by atoms with E-state index in [0.29, 0.717) is 11.3 Å². The van der Waals surface area contributed by atoms with Gasteiger partial charge in [-0.15, -0.1) is 0 Å². The van der Waals surface area contributed by atoms with Gasteiger partial charge in [-0.05, 0) is 35.0 Å². The van der Waals surface area contributed by atoms with Crippen LogP contribution in [0.1, 0.15) is 5.56 Å². The summed E-state index contributed by atoms with van der Waals surface area (Å²) in [6.45, 7) is -0.163. The number of anilines is 1. The van der Waals surface area contributed by atoms with E-state index < -0.39 is 0 Å². The van der Waals surface area contributed by atoms with Crippen molar-refractivity contribution in [3.8, 4) is 11.5 Å². The van der Waals surface area contributed by atoms with Crippen molar-refractivity contribution >= 4 is 28.6 Å². The van der Waals surface area contributed by atoms with Crippen LogP contribution in [0, 0.1) is 0 Å². The third-order valence-corrected chi connectivity index (χ3v) is 3.75. The smallest absolute Gasteiger partial charge is 0.262 e. The lowest BCUT2D eigenvalue weighted by atomic mass is 10.1. The van der Waals surface area contributed by atoms with Gasteiger partial charge in [-0.2, -0.15) is 0 Å². The van der Waals surface area contributed by atoms with Crippen LogP contribution in [0.5, 0.6) is 11.5 Å². The van der Waals surface area contributed by atoms with E-state index in [1.54, 1.807) is 6.07 Å². The first-order valence-electron chi connectivity index (χ1n) is 7.63. The fourth-order valence-electron chi connectivity index (χ4n) is 2.41. The van der Waals surface area contributed by atoms with Crippen LogP contribution in [-0.2, 0) is 4.79 Å². The van der Waals surface area contributed by atoms with Crippen LogP contribution in [0.3, 0.4) is 0 Å². The largest absolute Gasteiger partial charge is 0.508 e. The van der Waals surface area contributed by atoms with Gasteiger partial charge in [0.25, 0.3) is 5.91 Å². The molecule has 0 aliphatic heterocycles. The Morgan fingerprint density at radius 3 is 2.56 bits per heavy atom. The molecule has 3 aromatic rings. The van der Waals surface area contributed by atoms with Crippen LogP contribution < -0.4 is 10.9 Å². The Kier molecular flexibility index (Phi) is 4.63. The number of nitrogens with zero attached hydrogens (tertiary/aromatic N) is 2. The molecule has 0 spiro atoms. The molecule has 0 saturated carbocycles. The Bertz CT molecular complexity index is 954. The molecule has 3 rings (SSSR count). The second kappa shape index (κ2) is 7.02. The van der Waals surface area contributed by atoms with Gasteiger partial charge < -0.3 is 10.2 Å². The van der Waals surface area contributed by atoms with Gasteiger partial charge in [-0.1, -0.05) is 30.3 Å². The predicted molar refractivity (Wildman–Crippen MR) is 97.9 cm³/mol. The average molecular weight is 335 g/mol. The van der Waals surface area contributed by atoms with Crippen LogP contribution in [0.4, 0.5) is 5.69 Å². The molecule has 0 heterocycles. The van der Waals surface area contributed by atoms with Gasteiger partial charge in [0.05, 0.1) is 5.69 Å². The molecule has 0 fully saturated rings. The van der Waals surface area contributed by atoms with E-state index in [0.717, 1.165) is 15.8 Å². The van der Waals surface area contributed by atoms with Crippen LogP contribution in [0.2, 0.25) is 0 Å². The lowest BCUT2D eigenvalue weighted by Crippen LogP contribution is -2.39. The molecule has 0 saturated heterocycles. The topological polar surface area (TPSA) is 99.2 Å². The highest BCUT2D eigenvalue weighted by atomic mass is 16.3. The van der Waals surface area contributed by atoms with E-state index in [-0.39, 0.29) is 24.0 Å². The van der Waals surface area contributed by atoms with Gasteiger partial charge >= 0.3 is 0 Å². The van der Waals surface area contributed by atoms with Crippen molar-refractivity contribution in [3.63, 3.8) is 0 Å². The second-order valence-corrected chi connectivity index (χ2v) is 5.51. The maximum Gasteiger partial charge on any atom is 0.262 e. The summed E-state index contributed by atoms with van der Waals surface area (Å²) in [5.41, 5.74) is 0.978. The number of phenols is 2. The van der Waals surface area contributed by atoms with Crippen molar-refractivity contribution in [2.24, 2.45) is 10.8 Å². The SMILES string of the molecule is NN(C(=O)CN=Cc1ccc(O)cc1O)c1ccc2ccccc2c1. The number of aromatic hydroxyl groups is 2. The Balaban J connectivity index is 1.70. The Labute approximate surface area is 144 Å². The number of phenolic OH excluding ortho intramolecular Hbond substituents is 2. The number of rotatable bonds is 4. The lowest BCUT2D eigenvalue weighted by molar-refractivity contribution is -0.117. The number of hydrazine groups is 1. The number of amides is 1. The summed E-state index contributed by atoms with van der Waals surface area (Å²) >= 11 is 0. The molecule has 1 amide bonds. The van der Waals surface area contributed by atoms with E-state index in [2.05, 4.69) is 4.99 Å². The molecular weight excluding hydrogens is 318 g/mol. The molecule has 3 aromatic carbocycles. The van der Waals surface area contributed by atoms with E-state index in [9.17, 15) is 15.0 Å². The minimum Gasteiger partial charge on any atom is -0.508 e. The monoisotopic (exact) mass is 335 g/mol. The van der Waals surface area contributed by atoms with Gasteiger partial charge in [-0.3, -0.25) is 9.79 Å². The van der Waals surface area contributed by atoms with Gasteiger partial charge in [0.2, 0.25) is 0 Å². The molecule has 0 radical (unpaired) electrons. The highest BCUT2D eigenvalue weighted by Crippen LogP contribution is 2.22. The fraction of sp³-hybridized carbons (Fsp3) is 0.0526. The van der Waals surface area contributed by atoms with Gasteiger partial charge in [0, 0.05) is 17.8 Å². The number of hydrogen-bond acceptors (Lipinski definition) is 5. The number of fused-ring (bicyclic) bond motifs is 1. The number of aliphatic imine (C=N–C) groups is 1. The Morgan fingerprint density at radius 2 is 1.80 bits per heavy atom. The quantitative estimate of drug-likeness (QED) is 0.295. The Hall–Kier alpha value is -3.38. The maximum absolute atomic E-state index is 12.2. The molecule has 126 valence electrons. The van der Waals surface area contributed by atoms with Crippen LogP contribution in [0.15, 0.2) is 65.7 Å². The standard InChI is InChI=1S/C19H17N3O3/c20-22(16-7-5-13-3-1-2-4-14(13)9-16)19(25)12-21-11-15-6-8-17(23)10-18(15)24/h1-11,23-24H,12,20H2. The predicted octanol–water partition coefficient (Wildman–Crippen LogP) is 2.58. The normalized spacial score (nSPS) is 11.1. The van der Waals surface area contributed by atoms with Gasteiger partial charge in [-0.25, -0.2) is 10.9 Å². The molecule has 6 nitrogen and oxygen atoms in total. The lowest BCUT2D eigenvalue weighted by Gasteiger charge is -2.16. The van der Waals surface area contributed by atoms with Crippen molar-refractivity contribution in [3.05, 3.63) is 66.2 Å². The van der Waals surface area contributed by atoms with Gasteiger partial charge in [0.1, 0.15) is 18.0 Å². The third-order valence-electron chi connectivity index (χ3n) is 3.75. The van der Waals surface area contributed by atoms with Gasteiger partial charge in [0.15, 0.2) is 0 Å². The van der Waals surface area contributed by atoms with Crippen molar-refractivity contribution in [2.45, 2.75) is 0 Å². The first-order chi connectivity index (χ1) is 12.0. The van der Waals surface area contributed by atoms with Crippen LogP contribution >= 0.6 is 0 Å². The summed E-state index contributed by atoms with van der Waals surface area (Å²) in [5.74, 6) is 5.34. The number of carbonyl (C=O) groups excluding carboxylic acids is 1. The zero-order valence-electron chi connectivity index (χ0n) is 13.3. The molecule has 4 N–H and O–H groups in total. The van der Waals surface area contributed by atoms with E-state index in [4.69, 9.17) is 5.84 Å². The minimum atomic E-state index is -0.384. The molecular formula is C19H17N3O3. The second-order valence-electron chi connectivity index (χ2n) is 5.51. The van der Waals surface area contributed by atoms with E-state index >= 15 is 0 Å². The Morgan fingerprint density at radius 1 is 1.04 bits per heavy atom. The average Bonchev–Trinajstić information content (AvgIpc) is 2.62. The van der Waals surface area contributed by atoms with Crippen LogP contribution in [-0.4, -0.2) is 28.9 Å². The van der Waals surface area contributed by atoms with Crippen molar-refractivity contribution in [1.82, 2.24) is 0 Å². The van der Waals surface area contributed by atoms with Crippen molar-refractivity contribution in [1.29, 1.82) is 0 Å². The first-order valence-corrected chi connectivity index (χ1v) is 7.63. The summed E-state index contributed by atoms with van der Waals surface area (Å²) in [4.78, 5) is 16.2. The highest BCUT2D eigenvalue weighted by Gasteiger charge is 2.11. The van der Waals surface area contributed by atoms with E-state index in [1.807, 2.05) is 36.4 Å². The number of benzene rings is 3. The van der Waals surface area contributed by atoms with E-state index in [1.165, 1.54) is 24.4 Å². The third kappa shape index (κ3) is 3.76. The molecule has 0 aliphatic rings. The maximum atomic E-state index is 12.2. The number of nitrogens with two attached hydrogens (primary N) is 1.